The van der Waals surface area contributed by atoms with Crippen LogP contribution in [0.4, 0.5) is 4.79 Å². The molecule has 2 atom stereocenters. The van der Waals surface area contributed by atoms with Crippen LogP contribution in [0.25, 0.3) is 0 Å². The molecule has 2 N–H and O–H groups in total. The first-order valence-electron chi connectivity index (χ1n) is 5.95. The Bertz CT molecular complexity index is 281. The minimum absolute atomic E-state index is 0.0819. The van der Waals surface area contributed by atoms with Gasteiger partial charge in [-0.3, -0.25) is 0 Å². The average Bonchev–Trinajstić information content (AvgIpc) is 2.24. The Labute approximate surface area is 97.6 Å². The van der Waals surface area contributed by atoms with Crippen LogP contribution in [-0.4, -0.2) is 28.8 Å². The van der Waals surface area contributed by atoms with E-state index in [0.29, 0.717) is 6.42 Å². The first-order valence-corrected chi connectivity index (χ1v) is 5.25. The Kier molecular flexibility index (Phi) is 4.58. The summed E-state index contributed by atoms with van der Waals surface area (Å²) in [7, 11) is 0. The van der Waals surface area contributed by atoms with Crippen LogP contribution in [0.1, 0.15) is 42.4 Å². The van der Waals surface area contributed by atoms with Gasteiger partial charge in [0.05, 0.1) is 0 Å². The molecule has 94 valence electrons. The number of carboxylic acid groups (broad SMARTS) is 1. The van der Waals surface area contributed by atoms with Crippen molar-refractivity contribution < 1.29 is 20.8 Å². The largest absolute Gasteiger partial charge is 0.480 e. The summed E-state index contributed by atoms with van der Waals surface area (Å²) in [6.45, 7) is 6.70. The maximum Gasteiger partial charge on any atom is 0.408 e. The number of hydrogen-bond acceptors (Lipinski definition) is 3. The van der Waals surface area contributed by atoms with Crippen LogP contribution < -0.4 is 5.32 Å². The lowest BCUT2D eigenvalue weighted by Gasteiger charge is -2.24. The Balaban J connectivity index is 4.47. The van der Waals surface area contributed by atoms with Crippen molar-refractivity contribution >= 4 is 12.1 Å². The first kappa shape index (κ1) is 12.8. The number of ether oxygens (including phenoxy) is 1. The molecule has 1 amide bonds. The van der Waals surface area contributed by atoms with Crippen LogP contribution in [0.5, 0.6) is 0 Å². The zero-order valence-corrected chi connectivity index (χ0v) is 10.2. The molecule has 0 aliphatic carbocycles. The first-order chi connectivity index (χ1) is 7.73. The summed E-state index contributed by atoms with van der Waals surface area (Å²) in [4.78, 5) is 22.4. The third-order valence-corrected chi connectivity index (χ3v) is 2.12. The van der Waals surface area contributed by atoms with Gasteiger partial charge in [-0.15, -0.1) is 0 Å². The molecule has 0 aliphatic rings. The molecule has 0 heterocycles. The molecule has 0 fully saturated rings. The SMILES string of the molecule is [2H]CC(C)(C)OC(=O)N[C@H](C(=O)O)[C@@H](C)CC. The van der Waals surface area contributed by atoms with E-state index in [1.807, 2.05) is 6.92 Å². The number of rotatable bonds is 4. The number of carboxylic acids is 1. The highest BCUT2D eigenvalue weighted by molar-refractivity contribution is 5.80. The number of aliphatic carboxylic acids is 1. The van der Waals surface area contributed by atoms with Crippen LogP contribution in [0, 0.1) is 5.92 Å². The van der Waals surface area contributed by atoms with Crippen molar-refractivity contribution in [3.05, 3.63) is 0 Å². The van der Waals surface area contributed by atoms with Crippen molar-refractivity contribution in [2.45, 2.75) is 52.7 Å². The number of hydrogen-bond donors (Lipinski definition) is 2. The summed E-state index contributed by atoms with van der Waals surface area (Å²) in [5.74, 6) is -1.26. The number of alkyl carbamates (subject to hydrolysis) is 1. The molecule has 0 saturated heterocycles. The molecule has 0 aliphatic heterocycles. The molecule has 5 nitrogen and oxygen atoms in total. The second-order valence-electron chi connectivity index (χ2n) is 4.49. The van der Waals surface area contributed by atoms with E-state index in [1.54, 1.807) is 20.8 Å². The molecular formula is C11H21NO4. The van der Waals surface area contributed by atoms with E-state index < -0.39 is 23.7 Å². The summed E-state index contributed by atoms with van der Waals surface area (Å²) in [5.41, 5.74) is -0.914. The molecule has 0 saturated carbocycles. The fourth-order valence-electron chi connectivity index (χ4n) is 1.09. The van der Waals surface area contributed by atoms with E-state index in [-0.39, 0.29) is 12.8 Å². The van der Waals surface area contributed by atoms with Gasteiger partial charge in [-0.2, -0.15) is 0 Å². The predicted octanol–water partition coefficient (Wildman–Crippen LogP) is 2.01. The minimum atomic E-state index is -1.08. The van der Waals surface area contributed by atoms with Crippen LogP contribution in [0.2, 0.25) is 0 Å². The normalized spacial score (nSPS) is 15.9. The highest BCUT2D eigenvalue weighted by Gasteiger charge is 2.27. The summed E-state index contributed by atoms with van der Waals surface area (Å²) < 4.78 is 12.1. The molecular weight excluding hydrogens is 210 g/mol. The standard InChI is InChI=1S/C11H21NO4/c1-6-7(2)8(9(13)14)12-10(15)16-11(3,4)5/h7-8H,6H2,1-5H3,(H,12,15)(H,13,14)/t7-,8-/m0/s1/i3D. The average molecular weight is 232 g/mol. The molecule has 0 radical (unpaired) electrons. The Morgan fingerprint density at radius 1 is 1.56 bits per heavy atom. The second kappa shape index (κ2) is 5.72. The summed E-state index contributed by atoms with van der Waals surface area (Å²) in [6, 6.07) is -0.964. The van der Waals surface area contributed by atoms with Gasteiger partial charge in [0.25, 0.3) is 0 Å². The van der Waals surface area contributed by atoms with E-state index in [9.17, 15) is 9.59 Å². The fourth-order valence-corrected chi connectivity index (χ4v) is 1.09. The molecule has 0 spiro atoms. The maximum atomic E-state index is 11.5. The second-order valence-corrected chi connectivity index (χ2v) is 4.49. The van der Waals surface area contributed by atoms with E-state index in [1.165, 1.54) is 0 Å². The smallest absolute Gasteiger partial charge is 0.408 e. The van der Waals surface area contributed by atoms with Gasteiger partial charge in [0.2, 0.25) is 0 Å². The Hall–Kier alpha value is -1.26. The summed E-state index contributed by atoms with van der Waals surface area (Å²) in [5, 5.41) is 11.3. The third kappa shape index (κ3) is 5.58. The zero-order valence-electron chi connectivity index (χ0n) is 11.2. The molecule has 5 heteroatoms. The highest BCUT2D eigenvalue weighted by atomic mass is 16.6. The molecule has 0 aromatic rings. The number of carbonyl (C=O) groups excluding carboxylic acids is 1. The zero-order chi connectivity index (χ0) is 13.6. The van der Waals surface area contributed by atoms with Gasteiger partial charge in [-0.05, 0) is 26.7 Å². The summed E-state index contributed by atoms with van der Waals surface area (Å²) >= 11 is 0. The topological polar surface area (TPSA) is 75.6 Å². The van der Waals surface area contributed by atoms with Crippen molar-refractivity contribution in [1.82, 2.24) is 5.32 Å². The van der Waals surface area contributed by atoms with Crippen molar-refractivity contribution in [2.75, 3.05) is 0 Å². The Morgan fingerprint density at radius 3 is 2.50 bits per heavy atom. The van der Waals surface area contributed by atoms with Gasteiger partial charge < -0.3 is 15.2 Å². The maximum absolute atomic E-state index is 11.5. The van der Waals surface area contributed by atoms with Gasteiger partial charge in [-0.1, -0.05) is 20.3 Å². The van der Waals surface area contributed by atoms with Crippen molar-refractivity contribution in [2.24, 2.45) is 5.92 Å². The van der Waals surface area contributed by atoms with E-state index >= 15 is 0 Å². The fraction of sp³-hybridized carbons (Fsp3) is 0.818. The molecule has 16 heavy (non-hydrogen) atoms. The van der Waals surface area contributed by atoms with Gasteiger partial charge in [0, 0.05) is 1.37 Å². The van der Waals surface area contributed by atoms with Crippen molar-refractivity contribution in [3.8, 4) is 0 Å². The van der Waals surface area contributed by atoms with Crippen molar-refractivity contribution in [1.29, 1.82) is 0 Å². The van der Waals surface area contributed by atoms with Gasteiger partial charge in [0.15, 0.2) is 0 Å². The Morgan fingerprint density at radius 2 is 2.12 bits per heavy atom. The van der Waals surface area contributed by atoms with E-state index in [4.69, 9.17) is 11.2 Å². The molecule has 0 aromatic heterocycles. The van der Waals surface area contributed by atoms with E-state index in [0.717, 1.165) is 0 Å². The quantitative estimate of drug-likeness (QED) is 0.777. The van der Waals surface area contributed by atoms with Gasteiger partial charge in [-0.25, -0.2) is 9.59 Å². The predicted molar refractivity (Wildman–Crippen MR) is 60.2 cm³/mol. The highest BCUT2D eigenvalue weighted by Crippen LogP contribution is 2.11. The molecule has 0 bridgehead atoms. The lowest BCUT2D eigenvalue weighted by Crippen LogP contribution is -2.46. The monoisotopic (exact) mass is 232 g/mol. The lowest BCUT2D eigenvalue weighted by atomic mass is 10.00. The van der Waals surface area contributed by atoms with Crippen LogP contribution in [0.15, 0.2) is 0 Å². The summed E-state index contributed by atoms with van der Waals surface area (Å²) in [6.07, 6.45) is -0.158. The van der Waals surface area contributed by atoms with Crippen LogP contribution in [-0.2, 0) is 9.53 Å². The molecule has 0 rings (SSSR count). The van der Waals surface area contributed by atoms with Crippen LogP contribution in [0.3, 0.4) is 0 Å². The van der Waals surface area contributed by atoms with Crippen LogP contribution >= 0.6 is 0 Å². The molecule has 0 aromatic carbocycles. The number of nitrogens with one attached hydrogen (secondary N) is 1. The molecule has 0 unspecified atom stereocenters. The van der Waals surface area contributed by atoms with Gasteiger partial charge in [0.1, 0.15) is 11.6 Å². The lowest BCUT2D eigenvalue weighted by molar-refractivity contribution is -0.140. The van der Waals surface area contributed by atoms with Crippen molar-refractivity contribution in [3.63, 3.8) is 0 Å². The van der Waals surface area contributed by atoms with E-state index in [2.05, 4.69) is 5.32 Å². The minimum Gasteiger partial charge on any atom is -0.480 e. The number of carbonyl (C=O) groups is 2. The number of amides is 1. The van der Waals surface area contributed by atoms with Gasteiger partial charge >= 0.3 is 12.1 Å². The third-order valence-electron chi connectivity index (χ3n) is 2.12.